The summed E-state index contributed by atoms with van der Waals surface area (Å²) < 4.78 is 94.3. The molecule has 0 radical (unpaired) electrons. The van der Waals surface area contributed by atoms with Gasteiger partial charge in [-0.25, -0.2) is 17.2 Å². The Balaban J connectivity index is 1.85. The monoisotopic (exact) mass is 471 g/mol. The van der Waals surface area contributed by atoms with Gasteiger partial charge in [0.2, 0.25) is 10.0 Å². The molecule has 2 aromatic rings. The first-order valence-electron chi connectivity index (χ1n) is 8.49. The van der Waals surface area contributed by atoms with Gasteiger partial charge in [-0.2, -0.15) is 17.9 Å². The SMILES string of the molecule is Cn1cc(S(=O)(=O)NC2(C(F)(F)F)CCC2)cc1C(=O)Nc1cc(F)c(F)c(Cl)c1. The minimum atomic E-state index is -4.76. The second-order valence-corrected chi connectivity index (χ2v) is 9.01. The molecule has 0 atom stereocenters. The molecular weight excluding hydrogens is 457 g/mol. The lowest BCUT2D eigenvalue weighted by Gasteiger charge is -2.43. The fraction of sp³-hybridized carbons (Fsp3) is 0.353. The molecule has 1 aliphatic carbocycles. The Morgan fingerprint density at radius 3 is 2.33 bits per heavy atom. The van der Waals surface area contributed by atoms with Crippen LogP contribution in [0.4, 0.5) is 27.6 Å². The summed E-state index contributed by atoms with van der Waals surface area (Å²) in [6.07, 6.45) is -4.34. The van der Waals surface area contributed by atoms with Crippen molar-refractivity contribution in [1.82, 2.24) is 9.29 Å². The molecule has 0 saturated heterocycles. The maximum absolute atomic E-state index is 13.4. The normalized spacial score (nSPS) is 16.2. The van der Waals surface area contributed by atoms with Gasteiger partial charge in [-0.05, 0) is 31.4 Å². The van der Waals surface area contributed by atoms with Crippen LogP contribution in [0.2, 0.25) is 5.02 Å². The molecule has 6 nitrogen and oxygen atoms in total. The van der Waals surface area contributed by atoms with Crippen LogP contribution in [0.15, 0.2) is 29.3 Å². The van der Waals surface area contributed by atoms with Crippen molar-refractivity contribution in [3.8, 4) is 0 Å². The van der Waals surface area contributed by atoms with Gasteiger partial charge < -0.3 is 9.88 Å². The quantitative estimate of drug-likeness (QED) is 0.511. The van der Waals surface area contributed by atoms with Crippen LogP contribution in [-0.4, -0.2) is 30.6 Å². The lowest BCUT2D eigenvalue weighted by molar-refractivity contribution is -0.212. The van der Waals surface area contributed by atoms with Gasteiger partial charge in [-0.1, -0.05) is 11.6 Å². The third-order valence-electron chi connectivity index (χ3n) is 4.84. The van der Waals surface area contributed by atoms with E-state index < -0.39 is 49.2 Å². The van der Waals surface area contributed by atoms with E-state index in [4.69, 9.17) is 11.6 Å². The summed E-state index contributed by atoms with van der Waals surface area (Å²) in [5.41, 5.74) is -2.98. The number of benzene rings is 1. The number of carbonyl (C=O) groups excluding carboxylic acids is 1. The van der Waals surface area contributed by atoms with Gasteiger partial charge in [-0.3, -0.25) is 4.79 Å². The highest BCUT2D eigenvalue weighted by Gasteiger charge is 2.60. The second-order valence-electron chi connectivity index (χ2n) is 6.92. The Bertz CT molecular complexity index is 1090. The molecule has 1 heterocycles. The van der Waals surface area contributed by atoms with Gasteiger partial charge >= 0.3 is 6.18 Å². The summed E-state index contributed by atoms with van der Waals surface area (Å²) in [5, 5.41) is 1.64. The minimum Gasteiger partial charge on any atom is -0.345 e. The number of sulfonamides is 1. The number of hydrogen-bond donors (Lipinski definition) is 2. The molecule has 3 rings (SSSR count). The standard InChI is InChI=1S/C17H15ClF5N3O3S/c1-26-8-10(30(28,29)25-16(3-2-4-16)17(21,22)23)7-13(26)15(27)24-9-5-11(18)14(20)12(19)6-9/h5-8,25H,2-4H2,1H3,(H,24,27). The van der Waals surface area contributed by atoms with Crippen LogP contribution in [-0.2, 0) is 17.1 Å². The first-order chi connectivity index (χ1) is 13.8. The second kappa shape index (κ2) is 7.50. The van der Waals surface area contributed by atoms with E-state index in [2.05, 4.69) is 5.32 Å². The van der Waals surface area contributed by atoms with Crippen molar-refractivity contribution < 1.29 is 35.2 Å². The maximum Gasteiger partial charge on any atom is 0.407 e. The van der Waals surface area contributed by atoms with Crippen LogP contribution in [0.25, 0.3) is 0 Å². The summed E-state index contributed by atoms with van der Waals surface area (Å²) in [7, 11) is -3.29. The predicted octanol–water partition coefficient (Wildman–Crippen LogP) is 3.97. The van der Waals surface area contributed by atoms with Gasteiger partial charge in [0.1, 0.15) is 16.1 Å². The van der Waals surface area contributed by atoms with Crippen molar-refractivity contribution >= 4 is 33.2 Å². The zero-order valence-electron chi connectivity index (χ0n) is 15.3. The first-order valence-corrected chi connectivity index (χ1v) is 10.3. The Morgan fingerprint density at radius 2 is 1.83 bits per heavy atom. The summed E-state index contributed by atoms with van der Waals surface area (Å²) in [6.45, 7) is 0. The lowest BCUT2D eigenvalue weighted by atomic mass is 9.77. The fourth-order valence-corrected chi connectivity index (χ4v) is 4.74. The number of hydrogen-bond acceptors (Lipinski definition) is 3. The molecular formula is C17H15ClF5N3O3S. The van der Waals surface area contributed by atoms with Gasteiger partial charge in [0.05, 0.1) is 5.02 Å². The highest BCUT2D eigenvalue weighted by atomic mass is 35.5. The third kappa shape index (κ3) is 4.03. The van der Waals surface area contributed by atoms with E-state index >= 15 is 0 Å². The number of rotatable bonds is 5. The Labute approximate surface area is 173 Å². The number of aromatic nitrogens is 1. The number of carbonyl (C=O) groups is 1. The summed E-state index contributed by atoms with van der Waals surface area (Å²) in [5.74, 6) is -3.52. The van der Waals surface area contributed by atoms with Crippen molar-refractivity contribution in [2.24, 2.45) is 7.05 Å². The summed E-state index contributed by atoms with van der Waals surface area (Å²) in [6, 6.07) is 2.50. The Hall–Kier alpha value is -2.18. The Kier molecular flexibility index (Phi) is 5.63. The molecule has 13 heteroatoms. The molecule has 0 spiro atoms. The molecule has 1 fully saturated rings. The Morgan fingerprint density at radius 1 is 1.20 bits per heavy atom. The number of amides is 1. The van der Waals surface area contributed by atoms with Gasteiger partial charge in [-0.15, -0.1) is 0 Å². The predicted molar refractivity (Wildman–Crippen MR) is 97.7 cm³/mol. The van der Waals surface area contributed by atoms with Crippen molar-refractivity contribution in [3.63, 3.8) is 0 Å². The van der Waals surface area contributed by atoms with Crippen LogP contribution in [0.3, 0.4) is 0 Å². The van der Waals surface area contributed by atoms with Crippen LogP contribution in [0, 0.1) is 11.6 Å². The molecule has 0 aliphatic heterocycles. The number of alkyl halides is 3. The van der Waals surface area contributed by atoms with E-state index in [9.17, 15) is 35.2 Å². The molecule has 1 saturated carbocycles. The number of anilines is 1. The van der Waals surface area contributed by atoms with Crippen LogP contribution in [0.5, 0.6) is 0 Å². The topological polar surface area (TPSA) is 80.2 Å². The zero-order valence-corrected chi connectivity index (χ0v) is 16.9. The zero-order chi connectivity index (χ0) is 22.5. The smallest absolute Gasteiger partial charge is 0.345 e. The third-order valence-corrected chi connectivity index (χ3v) is 6.62. The number of nitrogens with one attached hydrogen (secondary N) is 2. The van der Waals surface area contributed by atoms with Crippen LogP contribution < -0.4 is 10.0 Å². The number of nitrogens with zero attached hydrogens (tertiary/aromatic N) is 1. The molecule has 2 N–H and O–H groups in total. The fourth-order valence-electron chi connectivity index (χ4n) is 3.02. The average molecular weight is 472 g/mol. The highest BCUT2D eigenvalue weighted by molar-refractivity contribution is 7.89. The van der Waals surface area contributed by atoms with E-state index in [-0.39, 0.29) is 30.6 Å². The van der Waals surface area contributed by atoms with Crippen molar-refractivity contribution in [3.05, 3.63) is 46.7 Å². The van der Waals surface area contributed by atoms with Crippen molar-refractivity contribution in [2.45, 2.75) is 35.9 Å². The van der Waals surface area contributed by atoms with Gasteiger partial charge in [0.15, 0.2) is 11.6 Å². The first kappa shape index (κ1) is 22.5. The molecule has 0 bridgehead atoms. The van der Waals surface area contributed by atoms with Gasteiger partial charge in [0, 0.05) is 25.0 Å². The molecule has 30 heavy (non-hydrogen) atoms. The molecule has 1 amide bonds. The minimum absolute atomic E-state index is 0.196. The van der Waals surface area contributed by atoms with Crippen molar-refractivity contribution in [1.29, 1.82) is 0 Å². The molecule has 0 unspecified atom stereocenters. The van der Waals surface area contributed by atoms with Crippen LogP contribution >= 0.6 is 11.6 Å². The average Bonchev–Trinajstić information content (AvgIpc) is 2.97. The molecule has 164 valence electrons. The maximum atomic E-state index is 13.4. The van der Waals surface area contributed by atoms with E-state index in [1.807, 2.05) is 0 Å². The highest BCUT2D eigenvalue weighted by Crippen LogP contribution is 2.46. The van der Waals surface area contributed by atoms with Crippen LogP contribution in [0.1, 0.15) is 29.8 Å². The number of aryl methyl sites for hydroxylation is 1. The largest absolute Gasteiger partial charge is 0.407 e. The molecule has 1 aliphatic rings. The summed E-state index contributed by atoms with van der Waals surface area (Å²) in [4.78, 5) is 11.9. The number of halogens is 6. The lowest BCUT2D eigenvalue weighted by Crippen LogP contribution is -2.62. The van der Waals surface area contributed by atoms with Crippen molar-refractivity contribution in [2.75, 3.05) is 5.32 Å². The van der Waals surface area contributed by atoms with E-state index in [0.717, 1.165) is 22.9 Å². The van der Waals surface area contributed by atoms with E-state index in [0.29, 0.717) is 6.07 Å². The molecule has 1 aromatic heterocycles. The summed E-state index contributed by atoms with van der Waals surface area (Å²) >= 11 is 5.51. The van der Waals surface area contributed by atoms with E-state index in [1.54, 1.807) is 4.72 Å². The van der Waals surface area contributed by atoms with Gasteiger partial charge in [0.25, 0.3) is 5.91 Å². The molecule has 1 aromatic carbocycles. The van der Waals surface area contributed by atoms with E-state index in [1.165, 1.54) is 7.05 Å².